The summed E-state index contributed by atoms with van der Waals surface area (Å²) in [6.45, 7) is 0. The van der Waals surface area contributed by atoms with Crippen molar-refractivity contribution < 1.29 is 49.0 Å². The predicted molar refractivity (Wildman–Crippen MR) is 138 cm³/mol. The van der Waals surface area contributed by atoms with Gasteiger partial charge in [-0.3, -0.25) is 6.08 Å². The Bertz CT molecular complexity index is 1340. The first-order valence-electron chi connectivity index (χ1n) is 12.5. The Morgan fingerprint density at radius 3 is 2.00 bits per heavy atom. The summed E-state index contributed by atoms with van der Waals surface area (Å²) in [6, 6.07) is 23.9. The molecule has 4 aromatic rings. The molecule has 3 heteroatoms. The number of benzene rings is 3. The number of hydrogen-bond donors (Lipinski definition) is 0. The standard InChI is InChI=1S/C17H11.C10H14.C5H5.2ClH.Zr/c1-3-7-14-12(5-1)9-10-16-15-8-4-2-6-13(15)11-17(14)16;1-7-2-9-4-8(1)5-10(3-7)6-9;1-2-4-5-3-1;;;/h1-11H;7-10H,1-5H2;1-3H,4H2;2*1H;/q-1;;-1;;;+2/p-2. The third kappa shape index (κ3) is 5.49. The second-order valence-electron chi connectivity index (χ2n) is 10.2. The van der Waals surface area contributed by atoms with Gasteiger partial charge >= 0.3 is 83.2 Å². The van der Waals surface area contributed by atoms with Crippen molar-refractivity contribution in [2.24, 2.45) is 23.7 Å². The van der Waals surface area contributed by atoms with Gasteiger partial charge < -0.3 is 24.8 Å². The summed E-state index contributed by atoms with van der Waals surface area (Å²) in [7, 11) is 0. The van der Waals surface area contributed by atoms with E-state index in [4.69, 9.17) is 0 Å². The first-order chi connectivity index (χ1) is 16.3. The Morgan fingerprint density at radius 1 is 0.714 bits per heavy atom. The Labute approximate surface area is 236 Å². The van der Waals surface area contributed by atoms with Crippen LogP contribution >= 0.6 is 0 Å². The molecule has 0 saturated heterocycles. The van der Waals surface area contributed by atoms with Gasteiger partial charge in [-0.1, -0.05) is 65.4 Å². The molecule has 35 heavy (non-hydrogen) atoms. The Morgan fingerprint density at radius 2 is 1.37 bits per heavy atom. The molecular weight excluding hydrogens is 546 g/mol. The van der Waals surface area contributed by atoms with Gasteiger partial charge in [0.1, 0.15) is 0 Å². The zero-order chi connectivity index (χ0) is 22.2. The summed E-state index contributed by atoms with van der Waals surface area (Å²) in [5.41, 5.74) is 0. The fraction of sp³-hybridized carbons (Fsp3) is 0.312. The van der Waals surface area contributed by atoms with Crippen LogP contribution in [0.3, 0.4) is 0 Å². The van der Waals surface area contributed by atoms with E-state index in [0.29, 0.717) is 0 Å². The molecule has 4 aromatic carbocycles. The van der Waals surface area contributed by atoms with Crippen molar-refractivity contribution in [3.63, 3.8) is 0 Å². The van der Waals surface area contributed by atoms with Gasteiger partial charge in [-0.25, -0.2) is 12.2 Å². The zero-order valence-electron chi connectivity index (χ0n) is 19.9. The summed E-state index contributed by atoms with van der Waals surface area (Å²) >= 11 is 1.76. The molecule has 4 bridgehead atoms. The zero-order valence-corrected chi connectivity index (χ0v) is 23.9. The third-order valence-corrected chi connectivity index (χ3v) is 10.1. The van der Waals surface area contributed by atoms with E-state index >= 15 is 0 Å². The van der Waals surface area contributed by atoms with Gasteiger partial charge in [-0.2, -0.15) is 6.08 Å². The molecule has 4 fully saturated rings. The average molecular weight is 577 g/mol. The van der Waals surface area contributed by atoms with Gasteiger partial charge in [-0.15, -0.1) is 40.1 Å². The molecule has 0 aromatic heterocycles. The fourth-order valence-corrected chi connectivity index (χ4v) is 7.90. The Hall–Kier alpha value is -1.40. The molecule has 0 unspecified atom stereocenters. The minimum absolute atomic E-state index is 0. The molecule has 0 aliphatic heterocycles. The van der Waals surface area contributed by atoms with Crippen molar-refractivity contribution in [1.82, 2.24) is 0 Å². The van der Waals surface area contributed by atoms with Crippen LogP contribution in [0.15, 0.2) is 85.0 Å². The molecule has 9 rings (SSSR count). The molecule has 4 saturated carbocycles. The predicted octanol–water partition coefficient (Wildman–Crippen LogP) is 2.34. The molecule has 5 aliphatic rings. The van der Waals surface area contributed by atoms with Crippen LogP contribution in [0, 0.1) is 29.7 Å². The number of rotatable bonds is 0. The van der Waals surface area contributed by atoms with Crippen LogP contribution in [-0.2, 0) is 24.2 Å². The fourth-order valence-electron chi connectivity index (χ4n) is 6.74. The molecule has 0 nitrogen and oxygen atoms in total. The molecule has 0 amide bonds. The van der Waals surface area contributed by atoms with Crippen LogP contribution < -0.4 is 24.8 Å². The summed E-state index contributed by atoms with van der Waals surface area (Å²) < 4.78 is 1.96. The quantitative estimate of drug-likeness (QED) is 0.282. The average Bonchev–Trinajstić information content (AvgIpc) is 3.54. The van der Waals surface area contributed by atoms with E-state index < -0.39 is 0 Å². The topological polar surface area (TPSA) is 0 Å². The van der Waals surface area contributed by atoms with Crippen LogP contribution in [-0.4, -0.2) is 3.21 Å². The van der Waals surface area contributed by atoms with E-state index in [1.165, 1.54) is 32.3 Å². The number of hydrogen-bond acceptors (Lipinski definition) is 0. The van der Waals surface area contributed by atoms with Crippen LogP contribution in [0.5, 0.6) is 0 Å². The third-order valence-electron chi connectivity index (χ3n) is 8.13. The molecule has 178 valence electrons. The molecular formula is C32H30Cl2Zr-2. The Balaban J connectivity index is 0.000000138. The van der Waals surface area contributed by atoms with E-state index in [1.54, 1.807) is 56.3 Å². The smallest absolute Gasteiger partial charge is 0.0520 e. The maximum absolute atomic E-state index is 2.99. The second-order valence-corrected chi connectivity index (χ2v) is 11.7. The second kappa shape index (κ2) is 11.8. The van der Waals surface area contributed by atoms with Gasteiger partial charge in [0.2, 0.25) is 0 Å². The van der Waals surface area contributed by atoms with E-state index in [-0.39, 0.29) is 24.8 Å². The molecule has 0 N–H and O–H groups in total. The molecule has 0 spiro atoms. The summed E-state index contributed by atoms with van der Waals surface area (Å²) in [5.74, 6) is 4.51. The van der Waals surface area contributed by atoms with Gasteiger partial charge in [0.25, 0.3) is 0 Å². The number of allylic oxidation sites excluding steroid dienone is 4. The van der Waals surface area contributed by atoms with E-state index in [1.807, 2.05) is 15.4 Å². The number of halogens is 2. The number of fused-ring (bicyclic) bond motifs is 5. The van der Waals surface area contributed by atoms with E-state index in [9.17, 15) is 0 Å². The van der Waals surface area contributed by atoms with Crippen molar-refractivity contribution in [3.8, 4) is 0 Å². The van der Waals surface area contributed by atoms with Crippen molar-refractivity contribution in [2.75, 3.05) is 0 Å². The summed E-state index contributed by atoms with van der Waals surface area (Å²) in [4.78, 5) is 0. The van der Waals surface area contributed by atoms with Crippen molar-refractivity contribution in [3.05, 3.63) is 91.0 Å². The normalized spacial score (nSPS) is 25.0. The SMILES string of the molecule is [C-]1=CC=CC1.[Cl-].[Cl-].[Zr+2]=[C]1C2CC3CC(C2)CC1C3.c1ccc2c(c1)ccc1c3ccccc3[cH-]c21. The largest absolute Gasteiger partial charge is 0.126 e. The molecule has 5 aliphatic carbocycles. The molecule has 0 heterocycles. The van der Waals surface area contributed by atoms with Gasteiger partial charge in [0.15, 0.2) is 0 Å². The van der Waals surface area contributed by atoms with Crippen molar-refractivity contribution in [1.29, 1.82) is 0 Å². The summed E-state index contributed by atoms with van der Waals surface area (Å²) in [6.07, 6.45) is 17.9. The summed E-state index contributed by atoms with van der Waals surface area (Å²) in [5, 5.41) is 8.08. The molecule has 0 radical (unpaired) electrons. The Kier molecular flexibility index (Phi) is 8.96. The minimum atomic E-state index is 0. The van der Waals surface area contributed by atoms with Gasteiger partial charge in [-0.05, 0) is 0 Å². The van der Waals surface area contributed by atoms with Crippen LogP contribution in [0.25, 0.3) is 32.3 Å². The minimum Gasteiger partial charge on any atom is -0.126 e. The first-order valence-corrected chi connectivity index (χ1v) is 13.7. The van der Waals surface area contributed by atoms with Crippen molar-refractivity contribution >= 4 is 35.5 Å². The van der Waals surface area contributed by atoms with Crippen LogP contribution in [0.1, 0.15) is 38.5 Å². The van der Waals surface area contributed by atoms with E-state index in [2.05, 4.69) is 78.9 Å². The van der Waals surface area contributed by atoms with Crippen molar-refractivity contribution in [2.45, 2.75) is 38.5 Å². The van der Waals surface area contributed by atoms with Gasteiger partial charge in [0.05, 0.1) is 0 Å². The van der Waals surface area contributed by atoms with Crippen LogP contribution in [0.2, 0.25) is 0 Å². The van der Waals surface area contributed by atoms with Gasteiger partial charge in [0, 0.05) is 0 Å². The van der Waals surface area contributed by atoms with Crippen LogP contribution in [0.4, 0.5) is 0 Å². The molecule has 0 atom stereocenters. The first kappa shape index (κ1) is 26.7. The monoisotopic (exact) mass is 574 g/mol. The van der Waals surface area contributed by atoms with E-state index in [0.717, 1.165) is 30.1 Å². The maximum Gasteiger partial charge on any atom is -0.0520 e. The maximum atomic E-state index is 2.99.